The zero-order valence-corrected chi connectivity index (χ0v) is 15.0. The molecule has 0 unspecified atom stereocenters. The predicted molar refractivity (Wildman–Crippen MR) is 98.2 cm³/mol. The van der Waals surface area contributed by atoms with Crippen molar-refractivity contribution in [3.05, 3.63) is 51.0 Å². The Balaban J connectivity index is 2.03. The molecular formula is C17H23N5OS. The summed E-state index contributed by atoms with van der Waals surface area (Å²) in [6.07, 6.45) is 0. The van der Waals surface area contributed by atoms with Crippen molar-refractivity contribution < 1.29 is 4.79 Å². The van der Waals surface area contributed by atoms with E-state index in [1.54, 1.807) is 23.5 Å². The van der Waals surface area contributed by atoms with Crippen LogP contribution in [0.5, 0.6) is 0 Å². The van der Waals surface area contributed by atoms with Crippen LogP contribution in [0.3, 0.4) is 0 Å². The first-order valence-electron chi connectivity index (χ1n) is 7.83. The molecule has 0 aliphatic heterocycles. The van der Waals surface area contributed by atoms with Crippen molar-refractivity contribution in [1.29, 1.82) is 0 Å². The SMILES string of the molecule is CCNC(=NCc1cccc(C(N)=O)c1)NCc1sc(C)nc1C. The Morgan fingerprint density at radius 1 is 1.33 bits per heavy atom. The molecule has 2 rings (SSSR count). The lowest BCUT2D eigenvalue weighted by molar-refractivity contribution is 0.1000. The van der Waals surface area contributed by atoms with Gasteiger partial charge in [0.2, 0.25) is 5.91 Å². The second-order valence-corrected chi connectivity index (χ2v) is 6.64. The van der Waals surface area contributed by atoms with Crippen molar-refractivity contribution in [2.24, 2.45) is 10.7 Å². The summed E-state index contributed by atoms with van der Waals surface area (Å²) < 4.78 is 0. The van der Waals surface area contributed by atoms with Crippen LogP contribution >= 0.6 is 11.3 Å². The molecule has 0 saturated carbocycles. The van der Waals surface area contributed by atoms with Gasteiger partial charge >= 0.3 is 0 Å². The molecule has 1 aromatic carbocycles. The van der Waals surface area contributed by atoms with Gasteiger partial charge in [-0.25, -0.2) is 9.98 Å². The van der Waals surface area contributed by atoms with Crippen molar-refractivity contribution in [2.75, 3.05) is 6.54 Å². The molecule has 2 aromatic rings. The van der Waals surface area contributed by atoms with E-state index in [1.165, 1.54) is 4.88 Å². The molecule has 1 heterocycles. The summed E-state index contributed by atoms with van der Waals surface area (Å²) in [6, 6.07) is 7.21. The molecule has 128 valence electrons. The fourth-order valence-electron chi connectivity index (χ4n) is 2.24. The summed E-state index contributed by atoms with van der Waals surface area (Å²) in [7, 11) is 0. The fourth-order valence-corrected chi connectivity index (χ4v) is 3.11. The van der Waals surface area contributed by atoms with Crippen molar-refractivity contribution in [3.63, 3.8) is 0 Å². The molecule has 0 saturated heterocycles. The number of hydrogen-bond acceptors (Lipinski definition) is 4. The Bertz CT molecular complexity index is 738. The minimum atomic E-state index is -0.429. The second kappa shape index (κ2) is 8.44. The maximum atomic E-state index is 11.2. The zero-order valence-electron chi connectivity index (χ0n) is 14.2. The highest BCUT2D eigenvalue weighted by Crippen LogP contribution is 2.16. The van der Waals surface area contributed by atoms with Crippen LogP contribution in [-0.4, -0.2) is 23.4 Å². The first kappa shape index (κ1) is 17.9. The standard InChI is InChI=1S/C17H23N5OS/c1-4-19-17(21-10-15-11(2)22-12(3)24-15)20-9-13-6-5-7-14(8-13)16(18)23/h5-8H,4,9-10H2,1-3H3,(H2,18,23)(H2,19,20,21). The Labute approximate surface area is 146 Å². The molecule has 0 bridgehead atoms. The van der Waals surface area contributed by atoms with Gasteiger partial charge in [-0.3, -0.25) is 4.79 Å². The van der Waals surface area contributed by atoms with Crippen LogP contribution in [0, 0.1) is 13.8 Å². The van der Waals surface area contributed by atoms with Gasteiger partial charge in [0, 0.05) is 17.0 Å². The fraction of sp³-hybridized carbons (Fsp3) is 0.353. The van der Waals surface area contributed by atoms with Gasteiger partial charge in [0.1, 0.15) is 0 Å². The maximum Gasteiger partial charge on any atom is 0.248 e. The first-order valence-corrected chi connectivity index (χ1v) is 8.65. The number of guanidine groups is 1. The van der Waals surface area contributed by atoms with Gasteiger partial charge in [-0.1, -0.05) is 12.1 Å². The highest BCUT2D eigenvalue weighted by Gasteiger charge is 2.06. The lowest BCUT2D eigenvalue weighted by atomic mass is 10.1. The average molecular weight is 345 g/mol. The number of benzene rings is 1. The van der Waals surface area contributed by atoms with Crippen LogP contribution in [0.25, 0.3) is 0 Å². The number of hydrogen-bond donors (Lipinski definition) is 3. The molecule has 24 heavy (non-hydrogen) atoms. The van der Waals surface area contributed by atoms with Crippen LogP contribution in [0.2, 0.25) is 0 Å². The lowest BCUT2D eigenvalue weighted by Gasteiger charge is -2.11. The van der Waals surface area contributed by atoms with E-state index >= 15 is 0 Å². The minimum absolute atomic E-state index is 0.429. The summed E-state index contributed by atoms with van der Waals surface area (Å²) in [5.41, 5.74) is 7.80. The smallest absolute Gasteiger partial charge is 0.248 e. The van der Waals surface area contributed by atoms with Gasteiger partial charge < -0.3 is 16.4 Å². The van der Waals surface area contributed by atoms with Crippen LogP contribution in [0.1, 0.15) is 38.4 Å². The van der Waals surface area contributed by atoms with E-state index in [0.717, 1.165) is 28.8 Å². The van der Waals surface area contributed by atoms with E-state index in [-0.39, 0.29) is 0 Å². The number of nitrogens with two attached hydrogens (primary N) is 1. The van der Waals surface area contributed by atoms with Gasteiger partial charge in [-0.15, -0.1) is 11.3 Å². The first-order chi connectivity index (χ1) is 11.5. The molecule has 0 radical (unpaired) electrons. The molecule has 6 nitrogen and oxygen atoms in total. The van der Waals surface area contributed by atoms with E-state index in [4.69, 9.17) is 5.73 Å². The molecule has 0 spiro atoms. The summed E-state index contributed by atoms with van der Waals surface area (Å²) >= 11 is 1.69. The molecule has 7 heteroatoms. The zero-order chi connectivity index (χ0) is 17.5. The molecular weight excluding hydrogens is 322 g/mol. The average Bonchev–Trinajstić information content (AvgIpc) is 2.88. The Morgan fingerprint density at radius 3 is 2.75 bits per heavy atom. The van der Waals surface area contributed by atoms with Crippen molar-refractivity contribution in [3.8, 4) is 0 Å². The summed E-state index contributed by atoms with van der Waals surface area (Å²) in [5, 5.41) is 7.60. The predicted octanol–water partition coefficient (Wildman–Crippen LogP) is 2.11. The number of aryl methyl sites for hydroxylation is 2. The number of aliphatic imine (C=N–C) groups is 1. The number of thiazole rings is 1. The van der Waals surface area contributed by atoms with Crippen LogP contribution < -0.4 is 16.4 Å². The Kier molecular flexibility index (Phi) is 6.31. The molecule has 1 amide bonds. The van der Waals surface area contributed by atoms with Gasteiger partial charge in [-0.2, -0.15) is 0 Å². The van der Waals surface area contributed by atoms with Crippen molar-refractivity contribution in [1.82, 2.24) is 15.6 Å². The molecule has 4 N–H and O–H groups in total. The van der Waals surface area contributed by atoms with E-state index in [1.807, 2.05) is 32.9 Å². The monoisotopic (exact) mass is 345 g/mol. The van der Waals surface area contributed by atoms with Gasteiger partial charge in [0.25, 0.3) is 0 Å². The van der Waals surface area contributed by atoms with Crippen LogP contribution in [0.4, 0.5) is 0 Å². The van der Waals surface area contributed by atoms with Crippen LogP contribution in [0.15, 0.2) is 29.3 Å². The molecule has 0 atom stereocenters. The quantitative estimate of drug-likeness (QED) is 0.552. The number of rotatable bonds is 6. The number of carbonyl (C=O) groups excluding carboxylic acids is 1. The van der Waals surface area contributed by atoms with Gasteiger partial charge in [0.15, 0.2) is 5.96 Å². The third kappa shape index (κ3) is 5.06. The summed E-state index contributed by atoms with van der Waals surface area (Å²) in [6.45, 7) is 7.97. The number of primary amides is 1. The van der Waals surface area contributed by atoms with Gasteiger partial charge in [0.05, 0.1) is 23.8 Å². The van der Waals surface area contributed by atoms with E-state index in [2.05, 4.69) is 20.6 Å². The van der Waals surface area contributed by atoms with Crippen LogP contribution in [-0.2, 0) is 13.1 Å². The van der Waals surface area contributed by atoms with E-state index < -0.39 is 5.91 Å². The molecule has 0 aliphatic rings. The Morgan fingerprint density at radius 2 is 2.12 bits per heavy atom. The topological polar surface area (TPSA) is 92.4 Å². The highest BCUT2D eigenvalue weighted by molar-refractivity contribution is 7.11. The molecule has 0 fully saturated rings. The largest absolute Gasteiger partial charge is 0.366 e. The number of nitrogens with zero attached hydrogens (tertiary/aromatic N) is 2. The third-order valence-corrected chi connectivity index (χ3v) is 4.46. The maximum absolute atomic E-state index is 11.2. The third-order valence-electron chi connectivity index (χ3n) is 3.39. The molecule has 0 aliphatic carbocycles. The number of nitrogens with one attached hydrogen (secondary N) is 2. The highest BCUT2D eigenvalue weighted by atomic mass is 32.1. The van der Waals surface area contributed by atoms with Crippen molar-refractivity contribution >= 4 is 23.2 Å². The number of carbonyl (C=O) groups is 1. The van der Waals surface area contributed by atoms with Crippen molar-refractivity contribution in [2.45, 2.75) is 33.9 Å². The normalized spacial score (nSPS) is 11.4. The number of aromatic nitrogens is 1. The van der Waals surface area contributed by atoms with Gasteiger partial charge in [-0.05, 0) is 38.5 Å². The lowest BCUT2D eigenvalue weighted by Crippen LogP contribution is -2.36. The molecule has 1 aromatic heterocycles. The van der Waals surface area contributed by atoms with E-state index in [9.17, 15) is 4.79 Å². The minimum Gasteiger partial charge on any atom is -0.366 e. The summed E-state index contributed by atoms with van der Waals surface area (Å²) in [5.74, 6) is 0.300. The number of amides is 1. The van der Waals surface area contributed by atoms with E-state index in [0.29, 0.717) is 18.7 Å². The Hall–Kier alpha value is -2.41. The summed E-state index contributed by atoms with van der Waals surface area (Å²) in [4.78, 5) is 21.4. The second-order valence-electron chi connectivity index (χ2n) is 5.35.